The van der Waals surface area contributed by atoms with Gasteiger partial charge in [0.1, 0.15) is 5.54 Å². The average molecular weight is 299 g/mol. The highest BCUT2D eigenvalue weighted by atomic mass is 35.5. The van der Waals surface area contributed by atoms with Crippen LogP contribution in [0.1, 0.15) is 23.2 Å². The summed E-state index contributed by atoms with van der Waals surface area (Å²) < 4.78 is 5.19. The van der Waals surface area contributed by atoms with Crippen molar-refractivity contribution in [2.75, 3.05) is 18.5 Å². The van der Waals surface area contributed by atoms with E-state index in [1.807, 2.05) is 0 Å². The third kappa shape index (κ3) is 2.86. The highest BCUT2D eigenvalue weighted by Gasteiger charge is 2.40. The molecule has 0 spiro atoms. The maximum atomic E-state index is 11.6. The van der Waals surface area contributed by atoms with Gasteiger partial charge in [0.25, 0.3) is 5.91 Å². The standard InChI is InChI=1S/C13H15ClN2O4/c14-8-1-2-10(9(7-8)11(15)17)16-13(12(18)19)3-5-20-6-4-13/h1-2,7,16H,3-6H2,(H2,15,17)(H,18,19). The van der Waals surface area contributed by atoms with Gasteiger partial charge in [-0.1, -0.05) is 11.6 Å². The van der Waals surface area contributed by atoms with Gasteiger partial charge in [0.05, 0.1) is 5.56 Å². The summed E-state index contributed by atoms with van der Waals surface area (Å²) in [7, 11) is 0. The van der Waals surface area contributed by atoms with E-state index in [0.29, 0.717) is 36.8 Å². The van der Waals surface area contributed by atoms with E-state index in [2.05, 4.69) is 5.32 Å². The van der Waals surface area contributed by atoms with Gasteiger partial charge >= 0.3 is 5.97 Å². The van der Waals surface area contributed by atoms with Gasteiger partial charge in [-0.25, -0.2) is 4.79 Å². The Bertz CT molecular complexity index is 541. The van der Waals surface area contributed by atoms with Crippen LogP contribution in [0.15, 0.2) is 18.2 Å². The lowest BCUT2D eigenvalue weighted by Crippen LogP contribution is -2.50. The summed E-state index contributed by atoms with van der Waals surface area (Å²) in [6.07, 6.45) is 0.617. The van der Waals surface area contributed by atoms with Crippen molar-refractivity contribution in [3.8, 4) is 0 Å². The Kier molecular flexibility index (Phi) is 4.15. The zero-order valence-electron chi connectivity index (χ0n) is 10.7. The summed E-state index contributed by atoms with van der Waals surface area (Å²) in [5, 5.41) is 12.8. The molecule has 1 aromatic rings. The van der Waals surface area contributed by atoms with Gasteiger partial charge < -0.3 is 20.9 Å². The summed E-state index contributed by atoms with van der Waals surface area (Å²) in [5.41, 5.74) is 4.68. The van der Waals surface area contributed by atoms with Gasteiger partial charge in [-0.3, -0.25) is 4.79 Å². The number of nitrogens with two attached hydrogens (primary N) is 1. The van der Waals surface area contributed by atoms with E-state index in [1.165, 1.54) is 6.07 Å². The third-order valence-electron chi connectivity index (χ3n) is 3.38. The molecule has 1 fully saturated rings. The Balaban J connectivity index is 2.36. The number of aliphatic carboxylic acids is 1. The van der Waals surface area contributed by atoms with Gasteiger partial charge in [-0.15, -0.1) is 0 Å². The molecule has 0 saturated carbocycles. The van der Waals surface area contributed by atoms with Crippen molar-refractivity contribution in [2.24, 2.45) is 5.73 Å². The second kappa shape index (κ2) is 5.68. The number of ether oxygens (including phenoxy) is 1. The first-order chi connectivity index (χ1) is 9.44. The number of carbonyl (C=O) groups excluding carboxylic acids is 1. The summed E-state index contributed by atoms with van der Waals surface area (Å²) in [6.45, 7) is 0.692. The minimum Gasteiger partial charge on any atom is -0.480 e. The van der Waals surface area contributed by atoms with Crippen LogP contribution in [0.25, 0.3) is 0 Å². The van der Waals surface area contributed by atoms with Crippen molar-refractivity contribution < 1.29 is 19.4 Å². The van der Waals surface area contributed by atoms with E-state index in [9.17, 15) is 14.7 Å². The van der Waals surface area contributed by atoms with E-state index < -0.39 is 17.4 Å². The monoisotopic (exact) mass is 298 g/mol. The predicted octanol–water partition coefficient (Wildman–Crippen LogP) is 1.48. The molecule has 1 saturated heterocycles. The molecule has 6 nitrogen and oxygen atoms in total. The molecule has 0 aliphatic carbocycles. The number of hydrogen-bond donors (Lipinski definition) is 3. The van der Waals surface area contributed by atoms with Crippen LogP contribution in [0.3, 0.4) is 0 Å². The van der Waals surface area contributed by atoms with Crippen molar-refractivity contribution in [3.63, 3.8) is 0 Å². The number of amides is 1. The molecular formula is C13H15ClN2O4. The fourth-order valence-corrected chi connectivity index (χ4v) is 2.37. The number of benzene rings is 1. The number of carbonyl (C=O) groups is 2. The van der Waals surface area contributed by atoms with Gasteiger partial charge in [0.2, 0.25) is 0 Å². The van der Waals surface area contributed by atoms with Crippen LogP contribution in [0.4, 0.5) is 5.69 Å². The molecule has 1 aliphatic heterocycles. The Morgan fingerprint density at radius 1 is 1.35 bits per heavy atom. The number of primary amides is 1. The van der Waals surface area contributed by atoms with Crippen LogP contribution in [0, 0.1) is 0 Å². The molecule has 0 radical (unpaired) electrons. The van der Waals surface area contributed by atoms with Crippen molar-refractivity contribution in [2.45, 2.75) is 18.4 Å². The maximum Gasteiger partial charge on any atom is 0.329 e. The molecule has 1 aromatic carbocycles. The van der Waals surface area contributed by atoms with Crippen LogP contribution < -0.4 is 11.1 Å². The summed E-state index contributed by atoms with van der Waals surface area (Å²) in [4.78, 5) is 23.0. The third-order valence-corrected chi connectivity index (χ3v) is 3.61. The molecule has 20 heavy (non-hydrogen) atoms. The molecule has 1 amide bonds. The molecule has 1 heterocycles. The van der Waals surface area contributed by atoms with E-state index in [1.54, 1.807) is 12.1 Å². The Morgan fingerprint density at radius 3 is 2.55 bits per heavy atom. The second-order valence-electron chi connectivity index (χ2n) is 4.68. The van der Waals surface area contributed by atoms with Crippen LogP contribution in [0.2, 0.25) is 5.02 Å². The van der Waals surface area contributed by atoms with Crippen molar-refractivity contribution in [1.29, 1.82) is 0 Å². The molecule has 0 unspecified atom stereocenters. The minimum atomic E-state index is -1.16. The van der Waals surface area contributed by atoms with Gasteiger partial charge in [0.15, 0.2) is 0 Å². The fourth-order valence-electron chi connectivity index (χ4n) is 2.20. The highest BCUT2D eigenvalue weighted by molar-refractivity contribution is 6.31. The lowest BCUT2D eigenvalue weighted by Gasteiger charge is -2.35. The highest BCUT2D eigenvalue weighted by Crippen LogP contribution is 2.29. The number of carboxylic acid groups (broad SMARTS) is 1. The second-order valence-corrected chi connectivity index (χ2v) is 5.12. The smallest absolute Gasteiger partial charge is 0.329 e. The van der Waals surface area contributed by atoms with E-state index in [0.717, 1.165) is 0 Å². The SMILES string of the molecule is NC(=O)c1cc(Cl)ccc1NC1(C(=O)O)CCOCC1. The molecule has 108 valence electrons. The first-order valence-corrected chi connectivity index (χ1v) is 6.51. The molecular weight excluding hydrogens is 284 g/mol. The van der Waals surface area contributed by atoms with Gasteiger partial charge in [0, 0.05) is 36.8 Å². The molecule has 0 aromatic heterocycles. The number of rotatable bonds is 4. The molecule has 2 rings (SSSR count). The minimum absolute atomic E-state index is 0.171. The quantitative estimate of drug-likeness (QED) is 0.781. The Hall–Kier alpha value is -1.79. The maximum absolute atomic E-state index is 11.6. The number of carboxylic acids is 1. The zero-order valence-corrected chi connectivity index (χ0v) is 11.4. The van der Waals surface area contributed by atoms with Gasteiger partial charge in [-0.05, 0) is 18.2 Å². The lowest BCUT2D eigenvalue weighted by molar-refractivity contribution is -0.145. The van der Waals surface area contributed by atoms with Crippen LogP contribution in [0.5, 0.6) is 0 Å². The topological polar surface area (TPSA) is 102 Å². The Labute approximate surface area is 120 Å². The first-order valence-electron chi connectivity index (χ1n) is 6.13. The van der Waals surface area contributed by atoms with E-state index in [4.69, 9.17) is 22.1 Å². The Morgan fingerprint density at radius 2 is 2.00 bits per heavy atom. The first kappa shape index (κ1) is 14.6. The van der Waals surface area contributed by atoms with Crippen molar-refractivity contribution >= 4 is 29.2 Å². The van der Waals surface area contributed by atoms with Crippen LogP contribution >= 0.6 is 11.6 Å². The van der Waals surface area contributed by atoms with Crippen molar-refractivity contribution in [3.05, 3.63) is 28.8 Å². The van der Waals surface area contributed by atoms with Gasteiger partial charge in [-0.2, -0.15) is 0 Å². The number of nitrogens with one attached hydrogen (secondary N) is 1. The molecule has 7 heteroatoms. The fraction of sp³-hybridized carbons (Fsp3) is 0.385. The molecule has 0 bridgehead atoms. The summed E-state index contributed by atoms with van der Waals surface area (Å²) in [6, 6.07) is 4.55. The van der Waals surface area contributed by atoms with Crippen molar-refractivity contribution in [1.82, 2.24) is 0 Å². The number of halogens is 1. The summed E-state index contributed by atoms with van der Waals surface area (Å²) in [5.74, 6) is -1.64. The zero-order chi connectivity index (χ0) is 14.8. The molecule has 1 aliphatic rings. The predicted molar refractivity (Wildman–Crippen MR) is 74.0 cm³/mol. The largest absolute Gasteiger partial charge is 0.480 e. The number of anilines is 1. The van der Waals surface area contributed by atoms with Crippen LogP contribution in [-0.4, -0.2) is 35.7 Å². The molecule has 4 N–H and O–H groups in total. The normalized spacial score (nSPS) is 17.4. The summed E-state index contributed by atoms with van der Waals surface area (Å²) >= 11 is 5.83. The lowest BCUT2D eigenvalue weighted by atomic mass is 9.89. The average Bonchev–Trinajstić information content (AvgIpc) is 2.41. The van der Waals surface area contributed by atoms with Crippen LogP contribution in [-0.2, 0) is 9.53 Å². The number of hydrogen-bond acceptors (Lipinski definition) is 4. The van der Waals surface area contributed by atoms with E-state index in [-0.39, 0.29) is 5.56 Å². The molecule has 0 atom stereocenters. The van der Waals surface area contributed by atoms with E-state index >= 15 is 0 Å².